The summed E-state index contributed by atoms with van der Waals surface area (Å²) in [4.78, 5) is 9.97. The summed E-state index contributed by atoms with van der Waals surface area (Å²) in [6.45, 7) is 5.26. The highest BCUT2D eigenvalue weighted by atomic mass is 35.5. The molecule has 0 fully saturated rings. The predicted octanol–water partition coefficient (Wildman–Crippen LogP) is 2.19. The molecular weight excluding hydrogens is 212 g/mol. The van der Waals surface area contributed by atoms with Crippen molar-refractivity contribution >= 4 is 23.2 Å². The van der Waals surface area contributed by atoms with Gasteiger partial charge < -0.3 is 10.6 Å². The van der Waals surface area contributed by atoms with Crippen molar-refractivity contribution in [1.82, 2.24) is 9.97 Å². The molecular formula is C10H17ClN4. The van der Waals surface area contributed by atoms with Crippen LogP contribution >= 0.6 is 11.6 Å². The smallest absolute Gasteiger partial charge is 0.152 e. The summed E-state index contributed by atoms with van der Waals surface area (Å²) < 4.78 is 0. The standard InChI is InChI=1S/C10H17ClN4/c1-4-7(2)5-15(3)10-8(11)9(12)13-6-14-10/h6-7H,4-5H2,1-3H3,(H2,12,13,14). The van der Waals surface area contributed by atoms with E-state index in [1.165, 1.54) is 6.33 Å². The summed E-state index contributed by atoms with van der Waals surface area (Å²) in [5.74, 6) is 1.63. The number of aromatic nitrogens is 2. The van der Waals surface area contributed by atoms with E-state index in [1.54, 1.807) is 0 Å². The minimum Gasteiger partial charge on any atom is -0.382 e. The van der Waals surface area contributed by atoms with Crippen LogP contribution in [-0.4, -0.2) is 23.6 Å². The van der Waals surface area contributed by atoms with Crippen LogP contribution in [0.15, 0.2) is 6.33 Å². The van der Waals surface area contributed by atoms with Crippen LogP contribution in [0.25, 0.3) is 0 Å². The summed E-state index contributed by atoms with van der Waals surface area (Å²) in [6, 6.07) is 0. The number of rotatable bonds is 4. The van der Waals surface area contributed by atoms with E-state index in [1.807, 2.05) is 11.9 Å². The van der Waals surface area contributed by atoms with Gasteiger partial charge in [0.05, 0.1) is 0 Å². The predicted molar refractivity (Wildman–Crippen MR) is 64.2 cm³/mol. The van der Waals surface area contributed by atoms with Gasteiger partial charge in [0.25, 0.3) is 0 Å². The van der Waals surface area contributed by atoms with Gasteiger partial charge in [-0.05, 0) is 5.92 Å². The molecule has 0 aliphatic rings. The minimum atomic E-state index is 0.331. The Morgan fingerprint density at radius 2 is 2.20 bits per heavy atom. The molecule has 0 bridgehead atoms. The highest BCUT2D eigenvalue weighted by Gasteiger charge is 2.12. The zero-order valence-corrected chi connectivity index (χ0v) is 10.1. The van der Waals surface area contributed by atoms with E-state index in [2.05, 4.69) is 23.8 Å². The average Bonchev–Trinajstić information content (AvgIpc) is 2.21. The molecule has 0 saturated carbocycles. The molecule has 2 N–H and O–H groups in total. The van der Waals surface area contributed by atoms with Crippen LogP contribution in [0.4, 0.5) is 11.6 Å². The second-order valence-electron chi connectivity index (χ2n) is 3.79. The van der Waals surface area contributed by atoms with Crippen molar-refractivity contribution < 1.29 is 0 Å². The summed E-state index contributed by atoms with van der Waals surface area (Å²) in [5.41, 5.74) is 5.61. The van der Waals surface area contributed by atoms with Gasteiger partial charge in [0.1, 0.15) is 17.2 Å². The van der Waals surface area contributed by atoms with Crippen LogP contribution in [0.5, 0.6) is 0 Å². The molecule has 1 aromatic rings. The SMILES string of the molecule is CCC(C)CN(C)c1ncnc(N)c1Cl. The monoisotopic (exact) mass is 228 g/mol. The topological polar surface area (TPSA) is 55.0 Å². The second-order valence-corrected chi connectivity index (χ2v) is 4.17. The first-order chi connectivity index (χ1) is 7.06. The van der Waals surface area contributed by atoms with Gasteiger partial charge in [0.15, 0.2) is 5.82 Å². The first-order valence-corrected chi connectivity index (χ1v) is 5.41. The molecule has 4 nitrogen and oxygen atoms in total. The van der Waals surface area contributed by atoms with Crippen LogP contribution in [0.3, 0.4) is 0 Å². The van der Waals surface area contributed by atoms with Crippen molar-refractivity contribution in [2.45, 2.75) is 20.3 Å². The zero-order valence-electron chi connectivity index (χ0n) is 9.37. The first-order valence-electron chi connectivity index (χ1n) is 5.03. The molecule has 0 aliphatic carbocycles. The van der Waals surface area contributed by atoms with Crippen LogP contribution in [0, 0.1) is 5.92 Å². The normalized spacial score (nSPS) is 12.5. The van der Waals surface area contributed by atoms with E-state index in [-0.39, 0.29) is 0 Å². The quantitative estimate of drug-likeness (QED) is 0.859. The summed E-state index contributed by atoms with van der Waals surface area (Å²) >= 11 is 6.02. The number of hydrogen-bond acceptors (Lipinski definition) is 4. The molecule has 84 valence electrons. The lowest BCUT2D eigenvalue weighted by Crippen LogP contribution is -2.25. The van der Waals surface area contributed by atoms with Crippen LogP contribution in [0.2, 0.25) is 5.02 Å². The van der Waals surface area contributed by atoms with Gasteiger partial charge in [0.2, 0.25) is 0 Å². The Bertz CT molecular complexity index is 329. The molecule has 1 rings (SSSR count). The van der Waals surface area contributed by atoms with E-state index in [0.29, 0.717) is 22.6 Å². The third-order valence-electron chi connectivity index (χ3n) is 2.44. The molecule has 1 atom stereocenters. The fourth-order valence-electron chi connectivity index (χ4n) is 1.32. The largest absolute Gasteiger partial charge is 0.382 e. The van der Waals surface area contributed by atoms with Crippen molar-refractivity contribution in [3.63, 3.8) is 0 Å². The average molecular weight is 229 g/mol. The van der Waals surface area contributed by atoms with Crippen LogP contribution < -0.4 is 10.6 Å². The Morgan fingerprint density at radius 1 is 1.53 bits per heavy atom. The summed E-state index contributed by atoms with van der Waals surface area (Å²) in [6.07, 6.45) is 2.56. The first kappa shape index (κ1) is 12.0. The van der Waals surface area contributed by atoms with Gasteiger partial charge in [-0.25, -0.2) is 9.97 Å². The highest BCUT2D eigenvalue weighted by Crippen LogP contribution is 2.26. The molecule has 0 saturated heterocycles. The number of nitrogens with two attached hydrogens (primary N) is 1. The third kappa shape index (κ3) is 2.96. The second kappa shape index (κ2) is 5.16. The molecule has 5 heteroatoms. The van der Waals surface area contributed by atoms with Crippen molar-refractivity contribution in [1.29, 1.82) is 0 Å². The van der Waals surface area contributed by atoms with Gasteiger partial charge in [0, 0.05) is 13.6 Å². The van der Waals surface area contributed by atoms with E-state index in [0.717, 1.165) is 13.0 Å². The maximum absolute atomic E-state index is 6.02. The number of hydrogen-bond donors (Lipinski definition) is 1. The van der Waals surface area contributed by atoms with Gasteiger partial charge >= 0.3 is 0 Å². The maximum atomic E-state index is 6.02. The number of nitrogens with zero attached hydrogens (tertiary/aromatic N) is 3. The third-order valence-corrected chi connectivity index (χ3v) is 2.80. The maximum Gasteiger partial charge on any atom is 0.152 e. The van der Waals surface area contributed by atoms with Gasteiger partial charge in [-0.15, -0.1) is 0 Å². The van der Waals surface area contributed by atoms with E-state index in [4.69, 9.17) is 17.3 Å². The Kier molecular flexibility index (Phi) is 4.15. The summed E-state index contributed by atoms with van der Waals surface area (Å²) in [5, 5.41) is 0.434. The lowest BCUT2D eigenvalue weighted by atomic mass is 10.1. The van der Waals surface area contributed by atoms with Crippen molar-refractivity contribution in [3.8, 4) is 0 Å². The molecule has 0 aromatic carbocycles. The van der Waals surface area contributed by atoms with E-state index < -0.39 is 0 Å². The van der Waals surface area contributed by atoms with Crippen molar-refractivity contribution in [2.75, 3.05) is 24.2 Å². The number of halogens is 1. The molecule has 1 aromatic heterocycles. The van der Waals surface area contributed by atoms with Crippen molar-refractivity contribution in [2.24, 2.45) is 5.92 Å². The van der Waals surface area contributed by atoms with Gasteiger partial charge in [-0.2, -0.15) is 0 Å². The molecule has 0 radical (unpaired) electrons. The van der Waals surface area contributed by atoms with Crippen LogP contribution in [-0.2, 0) is 0 Å². The summed E-state index contributed by atoms with van der Waals surface area (Å²) in [7, 11) is 1.96. The Hall–Kier alpha value is -1.03. The highest BCUT2D eigenvalue weighted by molar-refractivity contribution is 6.35. The zero-order chi connectivity index (χ0) is 11.4. The lowest BCUT2D eigenvalue weighted by molar-refractivity contribution is 0.557. The molecule has 0 aliphatic heterocycles. The Balaban J connectivity index is 2.82. The fraction of sp³-hybridized carbons (Fsp3) is 0.600. The van der Waals surface area contributed by atoms with E-state index >= 15 is 0 Å². The fourth-order valence-corrected chi connectivity index (χ4v) is 1.56. The number of nitrogen functional groups attached to an aromatic ring is 1. The molecule has 15 heavy (non-hydrogen) atoms. The minimum absolute atomic E-state index is 0.331. The molecule has 0 amide bonds. The number of anilines is 2. The molecule has 1 unspecified atom stereocenters. The Labute approximate surface area is 95.5 Å². The van der Waals surface area contributed by atoms with Gasteiger partial charge in [-0.3, -0.25) is 0 Å². The van der Waals surface area contributed by atoms with Crippen LogP contribution in [0.1, 0.15) is 20.3 Å². The molecule has 1 heterocycles. The van der Waals surface area contributed by atoms with Crippen molar-refractivity contribution in [3.05, 3.63) is 11.3 Å². The Morgan fingerprint density at radius 3 is 2.80 bits per heavy atom. The lowest BCUT2D eigenvalue weighted by Gasteiger charge is -2.22. The van der Waals surface area contributed by atoms with Gasteiger partial charge in [-0.1, -0.05) is 31.9 Å². The molecule has 0 spiro atoms. The van der Waals surface area contributed by atoms with E-state index in [9.17, 15) is 0 Å².